The van der Waals surface area contributed by atoms with Crippen molar-refractivity contribution in [3.63, 3.8) is 0 Å². The second-order valence-corrected chi connectivity index (χ2v) is 6.01. The van der Waals surface area contributed by atoms with Crippen LogP contribution in [0.2, 0.25) is 0 Å². The summed E-state index contributed by atoms with van der Waals surface area (Å²) in [5, 5.41) is 0. The van der Waals surface area contributed by atoms with Crippen LogP contribution in [0.1, 0.15) is 55.8 Å². The number of anilines is 1. The van der Waals surface area contributed by atoms with Crippen molar-refractivity contribution >= 4 is 17.4 Å². The van der Waals surface area contributed by atoms with Crippen LogP contribution in [-0.4, -0.2) is 36.3 Å². The summed E-state index contributed by atoms with van der Waals surface area (Å²) in [5.74, 6) is 0.532. The highest BCUT2D eigenvalue weighted by molar-refractivity contribution is 5.97. The predicted octanol–water partition coefficient (Wildman–Crippen LogP) is 3.03. The summed E-state index contributed by atoms with van der Waals surface area (Å²) in [6.07, 6.45) is 5.80. The van der Waals surface area contributed by atoms with Gasteiger partial charge in [-0.25, -0.2) is 0 Å². The average molecular weight is 318 g/mol. The lowest BCUT2D eigenvalue weighted by Gasteiger charge is -2.20. The van der Waals surface area contributed by atoms with Gasteiger partial charge in [-0.3, -0.25) is 9.59 Å². The minimum Gasteiger partial charge on any atom is -0.482 e. The van der Waals surface area contributed by atoms with E-state index in [2.05, 4.69) is 0 Å². The van der Waals surface area contributed by atoms with Crippen LogP contribution in [0.4, 0.5) is 5.69 Å². The Morgan fingerprint density at radius 1 is 1.17 bits per heavy atom. The molecule has 0 aliphatic carbocycles. The summed E-state index contributed by atoms with van der Waals surface area (Å²) in [5.41, 5.74) is 6.93. The number of amides is 1. The number of benzene rings is 1. The molecule has 1 aromatic rings. The first-order valence-electron chi connectivity index (χ1n) is 8.45. The zero-order valence-electron chi connectivity index (χ0n) is 13.8. The highest BCUT2D eigenvalue weighted by atomic mass is 16.5. The van der Waals surface area contributed by atoms with Gasteiger partial charge in [0.25, 0.3) is 5.91 Å². The van der Waals surface area contributed by atoms with E-state index in [0.717, 1.165) is 32.4 Å². The normalized spacial score (nSPS) is 15.1. The van der Waals surface area contributed by atoms with E-state index in [9.17, 15) is 9.59 Å². The molecular weight excluding hydrogens is 292 g/mol. The van der Waals surface area contributed by atoms with Gasteiger partial charge in [0.1, 0.15) is 5.75 Å². The van der Waals surface area contributed by atoms with E-state index >= 15 is 0 Å². The van der Waals surface area contributed by atoms with E-state index < -0.39 is 0 Å². The fourth-order valence-corrected chi connectivity index (χ4v) is 2.78. The molecule has 23 heavy (non-hydrogen) atoms. The molecular formula is C18H26N2O3. The summed E-state index contributed by atoms with van der Waals surface area (Å²) in [6.45, 7) is 3.57. The number of likely N-dealkylation sites (tertiary alicyclic amines) is 1. The Bertz CT molecular complexity index is 549. The van der Waals surface area contributed by atoms with Gasteiger partial charge in [0, 0.05) is 25.1 Å². The third kappa shape index (κ3) is 4.98. The molecule has 1 heterocycles. The van der Waals surface area contributed by atoms with Gasteiger partial charge in [-0.05, 0) is 37.5 Å². The standard InChI is InChI=1S/C18H26N2O3/c1-2-7-16(21)14-8-9-17(15(19)12-14)23-13-18(22)20-10-5-3-4-6-11-20/h8-9,12H,2-7,10-11,13,19H2,1H3. The van der Waals surface area contributed by atoms with Gasteiger partial charge in [-0.2, -0.15) is 0 Å². The molecule has 0 spiro atoms. The van der Waals surface area contributed by atoms with Crippen LogP contribution in [0.3, 0.4) is 0 Å². The maximum Gasteiger partial charge on any atom is 0.260 e. The Kier molecular flexibility index (Phi) is 6.44. The molecule has 0 unspecified atom stereocenters. The zero-order valence-corrected chi connectivity index (χ0v) is 13.8. The number of hydrogen-bond acceptors (Lipinski definition) is 4. The Hall–Kier alpha value is -2.04. The summed E-state index contributed by atoms with van der Waals surface area (Å²) < 4.78 is 5.56. The van der Waals surface area contributed by atoms with Crippen LogP contribution in [-0.2, 0) is 4.79 Å². The molecule has 1 amide bonds. The molecule has 1 aliphatic rings. The minimum absolute atomic E-state index is 0.00237. The number of nitrogens with two attached hydrogens (primary N) is 1. The predicted molar refractivity (Wildman–Crippen MR) is 90.6 cm³/mol. The van der Waals surface area contributed by atoms with E-state index in [0.29, 0.717) is 23.4 Å². The van der Waals surface area contributed by atoms with E-state index in [-0.39, 0.29) is 18.3 Å². The number of ketones is 1. The number of rotatable bonds is 6. The van der Waals surface area contributed by atoms with Crippen molar-refractivity contribution in [3.8, 4) is 5.75 Å². The highest BCUT2D eigenvalue weighted by Crippen LogP contribution is 2.23. The first kappa shape index (κ1) is 17.3. The Morgan fingerprint density at radius 2 is 1.87 bits per heavy atom. The molecule has 1 saturated heterocycles. The molecule has 1 aromatic carbocycles. The third-order valence-corrected chi connectivity index (χ3v) is 4.12. The summed E-state index contributed by atoms with van der Waals surface area (Å²) in [4.78, 5) is 25.9. The lowest BCUT2D eigenvalue weighted by Crippen LogP contribution is -2.35. The molecule has 0 atom stereocenters. The van der Waals surface area contributed by atoms with Gasteiger partial charge >= 0.3 is 0 Å². The smallest absolute Gasteiger partial charge is 0.260 e. The van der Waals surface area contributed by atoms with Crippen molar-refractivity contribution in [1.29, 1.82) is 0 Å². The topological polar surface area (TPSA) is 72.6 Å². The van der Waals surface area contributed by atoms with Crippen molar-refractivity contribution in [2.24, 2.45) is 0 Å². The minimum atomic E-state index is -0.00749. The molecule has 0 bridgehead atoms. The lowest BCUT2D eigenvalue weighted by molar-refractivity contribution is -0.133. The number of nitrogen functional groups attached to an aromatic ring is 1. The van der Waals surface area contributed by atoms with E-state index in [4.69, 9.17) is 10.5 Å². The zero-order chi connectivity index (χ0) is 16.7. The molecule has 2 rings (SSSR count). The summed E-state index contributed by atoms with van der Waals surface area (Å²) in [7, 11) is 0. The number of carbonyl (C=O) groups is 2. The fourth-order valence-electron chi connectivity index (χ4n) is 2.78. The molecule has 0 saturated carbocycles. The maximum atomic E-state index is 12.2. The Morgan fingerprint density at radius 3 is 2.48 bits per heavy atom. The van der Waals surface area contributed by atoms with Crippen LogP contribution < -0.4 is 10.5 Å². The van der Waals surface area contributed by atoms with E-state index in [1.165, 1.54) is 12.8 Å². The van der Waals surface area contributed by atoms with Crippen LogP contribution in [0.25, 0.3) is 0 Å². The molecule has 126 valence electrons. The van der Waals surface area contributed by atoms with Crippen molar-refractivity contribution in [3.05, 3.63) is 23.8 Å². The molecule has 1 fully saturated rings. The lowest BCUT2D eigenvalue weighted by atomic mass is 10.1. The molecule has 2 N–H and O–H groups in total. The van der Waals surface area contributed by atoms with Crippen LogP contribution in [0.5, 0.6) is 5.75 Å². The van der Waals surface area contributed by atoms with Gasteiger partial charge < -0.3 is 15.4 Å². The van der Waals surface area contributed by atoms with E-state index in [1.54, 1.807) is 18.2 Å². The maximum absolute atomic E-state index is 12.2. The van der Waals surface area contributed by atoms with E-state index in [1.807, 2.05) is 11.8 Å². The van der Waals surface area contributed by atoms with Crippen LogP contribution in [0.15, 0.2) is 18.2 Å². The van der Waals surface area contributed by atoms with Crippen LogP contribution >= 0.6 is 0 Å². The number of ether oxygens (including phenoxy) is 1. The fraction of sp³-hybridized carbons (Fsp3) is 0.556. The Labute approximate surface area is 137 Å². The SMILES string of the molecule is CCCC(=O)c1ccc(OCC(=O)N2CCCCCC2)c(N)c1. The molecule has 5 heteroatoms. The van der Waals surface area contributed by atoms with Crippen molar-refractivity contribution in [2.45, 2.75) is 45.4 Å². The summed E-state index contributed by atoms with van der Waals surface area (Å²) >= 11 is 0. The van der Waals surface area contributed by atoms with Crippen LogP contribution in [0, 0.1) is 0 Å². The van der Waals surface area contributed by atoms with Crippen molar-refractivity contribution < 1.29 is 14.3 Å². The number of carbonyl (C=O) groups excluding carboxylic acids is 2. The largest absolute Gasteiger partial charge is 0.482 e. The molecule has 1 aliphatic heterocycles. The summed E-state index contributed by atoms with van der Waals surface area (Å²) in [6, 6.07) is 5.01. The van der Waals surface area contributed by atoms with Crippen molar-refractivity contribution in [2.75, 3.05) is 25.4 Å². The first-order valence-corrected chi connectivity index (χ1v) is 8.45. The monoisotopic (exact) mass is 318 g/mol. The number of nitrogens with zero attached hydrogens (tertiary/aromatic N) is 1. The first-order chi connectivity index (χ1) is 11.1. The van der Waals surface area contributed by atoms with Gasteiger partial charge in [0.15, 0.2) is 12.4 Å². The molecule has 0 aromatic heterocycles. The van der Waals surface area contributed by atoms with Gasteiger partial charge in [-0.1, -0.05) is 19.8 Å². The van der Waals surface area contributed by atoms with Gasteiger partial charge in [0.05, 0.1) is 5.69 Å². The van der Waals surface area contributed by atoms with Gasteiger partial charge in [-0.15, -0.1) is 0 Å². The molecule has 5 nitrogen and oxygen atoms in total. The second-order valence-electron chi connectivity index (χ2n) is 6.01. The highest BCUT2D eigenvalue weighted by Gasteiger charge is 2.16. The average Bonchev–Trinajstić information content (AvgIpc) is 2.83. The quantitative estimate of drug-likeness (QED) is 0.646. The van der Waals surface area contributed by atoms with Gasteiger partial charge in [0.2, 0.25) is 0 Å². The second kappa shape index (κ2) is 8.56. The number of hydrogen-bond donors (Lipinski definition) is 1. The third-order valence-electron chi connectivity index (χ3n) is 4.12. The van der Waals surface area contributed by atoms with Crippen molar-refractivity contribution in [1.82, 2.24) is 4.90 Å². The Balaban J connectivity index is 1.92. The molecule has 0 radical (unpaired) electrons. The number of Topliss-reactive ketones (excluding diaryl/α,β-unsaturated/α-hetero) is 1.